The first-order valence-electron chi connectivity index (χ1n) is 3.92. The molecular formula is C7H14N2O3. The zero-order valence-electron chi connectivity index (χ0n) is 7.28. The van der Waals surface area contributed by atoms with Crippen LogP contribution in [0.1, 0.15) is 6.92 Å². The van der Waals surface area contributed by atoms with Gasteiger partial charge in [0.1, 0.15) is 6.04 Å². The Morgan fingerprint density at radius 2 is 2.42 bits per heavy atom. The number of carbonyl (C=O) groups excluding carboxylic acids is 1. The zero-order valence-corrected chi connectivity index (χ0v) is 7.28. The van der Waals surface area contributed by atoms with Crippen molar-refractivity contribution in [2.24, 2.45) is 0 Å². The number of amides is 1. The number of morpholine rings is 1. The van der Waals surface area contributed by atoms with Crippen molar-refractivity contribution in [2.45, 2.75) is 19.1 Å². The van der Waals surface area contributed by atoms with Crippen LogP contribution in [0.5, 0.6) is 0 Å². The van der Waals surface area contributed by atoms with Crippen molar-refractivity contribution in [3.05, 3.63) is 0 Å². The summed E-state index contributed by atoms with van der Waals surface area (Å²) in [6, 6.07) is -0.385. The van der Waals surface area contributed by atoms with Crippen LogP contribution in [0.15, 0.2) is 0 Å². The Morgan fingerprint density at radius 3 is 2.92 bits per heavy atom. The number of hydrogen-bond donors (Lipinski definition) is 2. The van der Waals surface area contributed by atoms with E-state index < -0.39 is 5.91 Å². The van der Waals surface area contributed by atoms with Crippen molar-refractivity contribution in [3.63, 3.8) is 0 Å². The number of ether oxygens (including phenoxy) is 1. The monoisotopic (exact) mass is 174 g/mol. The molecule has 1 aliphatic rings. The summed E-state index contributed by atoms with van der Waals surface area (Å²) in [5.74, 6) is -0.412. The summed E-state index contributed by atoms with van der Waals surface area (Å²) in [7, 11) is 1.83. The van der Waals surface area contributed by atoms with Crippen LogP contribution in [0.2, 0.25) is 0 Å². The highest BCUT2D eigenvalue weighted by molar-refractivity contribution is 5.81. The van der Waals surface area contributed by atoms with Gasteiger partial charge in [0.25, 0.3) is 5.91 Å². The molecule has 5 heteroatoms. The van der Waals surface area contributed by atoms with E-state index in [0.29, 0.717) is 13.2 Å². The van der Waals surface area contributed by atoms with Crippen molar-refractivity contribution >= 4 is 5.91 Å². The summed E-state index contributed by atoms with van der Waals surface area (Å²) in [5.41, 5.74) is 1.63. The molecule has 2 atom stereocenters. The SMILES string of the molecule is C[C@H]1OCCN(C)[C@@H]1C(=O)NO. The third-order valence-corrected chi connectivity index (χ3v) is 2.12. The lowest BCUT2D eigenvalue weighted by Gasteiger charge is -2.35. The van der Waals surface area contributed by atoms with Crippen LogP contribution in [0.3, 0.4) is 0 Å². The fraction of sp³-hybridized carbons (Fsp3) is 0.857. The Kier molecular flexibility index (Phi) is 3.02. The first kappa shape index (κ1) is 9.44. The van der Waals surface area contributed by atoms with Gasteiger partial charge in [-0.25, -0.2) is 5.48 Å². The second-order valence-electron chi connectivity index (χ2n) is 2.98. The molecule has 1 aliphatic heterocycles. The van der Waals surface area contributed by atoms with Crippen molar-refractivity contribution in [1.82, 2.24) is 10.4 Å². The molecule has 0 aliphatic carbocycles. The summed E-state index contributed by atoms with van der Waals surface area (Å²) >= 11 is 0. The summed E-state index contributed by atoms with van der Waals surface area (Å²) in [5, 5.41) is 8.44. The van der Waals surface area contributed by atoms with E-state index in [4.69, 9.17) is 9.94 Å². The van der Waals surface area contributed by atoms with Gasteiger partial charge in [-0.2, -0.15) is 0 Å². The molecular weight excluding hydrogens is 160 g/mol. The average molecular weight is 174 g/mol. The van der Waals surface area contributed by atoms with Gasteiger partial charge < -0.3 is 4.74 Å². The van der Waals surface area contributed by atoms with Gasteiger partial charge in [0, 0.05) is 6.54 Å². The molecule has 1 amide bonds. The Bertz CT molecular complexity index is 164. The van der Waals surface area contributed by atoms with Crippen molar-refractivity contribution < 1.29 is 14.7 Å². The van der Waals surface area contributed by atoms with Crippen LogP contribution >= 0.6 is 0 Å². The zero-order chi connectivity index (χ0) is 9.14. The lowest BCUT2D eigenvalue weighted by atomic mass is 10.1. The Balaban J connectivity index is 2.62. The highest BCUT2D eigenvalue weighted by Gasteiger charge is 2.32. The van der Waals surface area contributed by atoms with E-state index in [2.05, 4.69) is 0 Å². The predicted octanol–water partition coefficient (Wildman–Crippen LogP) is -0.789. The molecule has 1 saturated heterocycles. The first-order valence-corrected chi connectivity index (χ1v) is 3.92. The predicted molar refractivity (Wildman–Crippen MR) is 41.8 cm³/mol. The van der Waals surface area contributed by atoms with Crippen molar-refractivity contribution in [3.8, 4) is 0 Å². The average Bonchev–Trinajstić information content (AvgIpc) is 2.03. The van der Waals surface area contributed by atoms with Crippen LogP contribution in [-0.4, -0.2) is 48.4 Å². The molecule has 70 valence electrons. The van der Waals surface area contributed by atoms with E-state index in [1.165, 1.54) is 0 Å². The summed E-state index contributed by atoms with van der Waals surface area (Å²) < 4.78 is 5.27. The van der Waals surface area contributed by atoms with Gasteiger partial charge in [-0.15, -0.1) is 0 Å². The molecule has 0 aromatic rings. The summed E-state index contributed by atoms with van der Waals surface area (Å²) in [6.07, 6.45) is -0.170. The number of hydrogen-bond acceptors (Lipinski definition) is 4. The Hall–Kier alpha value is -0.650. The third-order valence-electron chi connectivity index (χ3n) is 2.12. The van der Waals surface area contributed by atoms with Gasteiger partial charge in [-0.3, -0.25) is 14.9 Å². The molecule has 2 N–H and O–H groups in total. The molecule has 0 spiro atoms. The maximum atomic E-state index is 11.1. The van der Waals surface area contributed by atoms with E-state index in [-0.39, 0.29) is 12.1 Å². The van der Waals surface area contributed by atoms with E-state index in [9.17, 15) is 4.79 Å². The summed E-state index contributed by atoms with van der Waals surface area (Å²) in [6.45, 7) is 3.16. The Labute approximate surface area is 71.3 Å². The van der Waals surface area contributed by atoms with Gasteiger partial charge in [-0.1, -0.05) is 0 Å². The van der Waals surface area contributed by atoms with Crippen LogP contribution < -0.4 is 5.48 Å². The molecule has 0 bridgehead atoms. The quantitative estimate of drug-likeness (QED) is 0.404. The molecule has 1 rings (SSSR count). The van der Waals surface area contributed by atoms with Crippen LogP contribution in [-0.2, 0) is 9.53 Å². The maximum absolute atomic E-state index is 11.1. The van der Waals surface area contributed by atoms with E-state index in [1.54, 1.807) is 5.48 Å². The first-order chi connectivity index (χ1) is 5.66. The number of hydroxylamine groups is 1. The number of nitrogens with one attached hydrogen (secondary N) is 1. The minimum absolute atomic E-state index is 0.170. The molecule has 0 aromatic heterocycles. The molecule has 1 heterocycles. The van der Waals surface area contributed by atoms with Gasteiger partial charge in [0.2, 0.25) is 0 Å². The molecule has 1 fully saturated rings. The second-order valence-corrected chi connectivity index (χ2v) is 2.98. The topological polar surface area (TPSA) is 61.8 Å². The molecule has 5 nitrogen and oxygen atoms in total. The van der Waals surface area contributed by atoms with Crippen molar-refractivity contribution in [2.75, 3.05) is 20.2 Å². The molecule has 0 saturated carbocycles. The second kappa shape index (κ2) is 3.84. The number of rotatable bonds is 1. The Morgan fingerprint density at radius 1 is 1.75 bits per heavy atom. The van der Waals surface area contributed by atoms with E-state index >= 15 is 0 Å². The minimum Gasteiger partial charge on any atom is -0.375 e. The normalized spacial score (nSPS) is 31.6. The summed E-state index contributed by atoms with van der Waals surface area (Å²) in [4.78, 5) is 13.0. The van der Waals surface area contributed by atoms with Crippen molar-refractivity contribution in [1.29, 1.82) is 0 Å². The van der Waals surface area contributed by atoms with E-state index in [1.807, 2.05) is 18.9 Å². The van der Waals surface area contributed by atoms with Gasteiger partial charge in [-0.05, 0) is 14.0 Å². The molecule has 0 unspecified atom stereocenters. The standard InChI is InChI=1S/C7H14N2O3/c1-5-6(7(10)8-11)9(2)3-4-12-5/h5-6,11H,3-4H2,1-2H3,(H,8,10)/t5-,6+/m1/s1. The molecule has 0 radical (unpaired) electrons. The number of nitrogens with zero attached hydrogens (tertiary/aromatic N) is 1. The smallest absolute Gasteiger partial charge is 0.263 e. The lowest BCUT2D eigenvalue weighted by Crippen LogP contribution is -2.55. The highest BCUT2D eigenvalue weighted by atomic mass is 16.5. The largest absolute Gasteiger partial charge is 0.375 e. The maximum Gasteiger partial charge on any atom is 0.263 e. The number of carbonyl (C=O) groups is 1. The van der Waals surface area contributed by atoms with Crippen LogP contribution in [0.4, 0.5) is 0 Å². The highest BCUT2D eigenvalue weighted by Crippen LogP contribution is 2.11. The van der Waals surface area contributed by atoms with Gasteiger partial charge in [0.05, 0.1) is 12.7 Å². The molecule has 12 heavy (non-hydrogen) atoms. The van der Waals surface area contributed by atoms with E-state index in [0.717, 1.165) is 0 Å². The van der Waals surface area contributed by atoms with Crippen LogP contribution in [0, 0.1) is 0 Å². The van der Waals surface area contributed by atoms with Gasteiger partial charge in [0.15, 0.2) is 0 Å². The third kappa shape index (κ3) is 1.74. The lowest BCUT2D eigenvalue weighted by molar-refractivity contribution is -0.145. The number of likely N-dealkylation sites (N-methyl/N-ethyl adjacent to an activating group) is 1. The fourth-order valence-electron chi connectivity index (χ4n) is 1.45. The molecule has 0 aromatic carbocycles. The fourth-order valence-corrected chi connectivity index (χ4v) is 1.45. The minimum atomic E-state index is -0.412. The van der Waals surface area contributed by atoms with Gasteiger partial charge >= 0.3 is 0 Å². The van der Waals surface area contributed by atoms with Crippen LogP contribution in [0.25, 0.3) is 0 Å².